The molecule has 0 atom stereocenters. The van der Waals surface area contributed by atoms with Gasteiger partial charge in [-0.3, -0.25) is 0 Å². The van der Waals surface area contributed by atoms with Crippen LogP contribution in [0.15, 0.2) is 59.0 Å². The van der Waals surface area contributed by atoms with Gasteiger partial charge in [0.1, 0.15) is 28.4 Å². The first-order chi connectivity index (χ1) is 15.4. The second-order valence-corrected chi connectivity index (χ2v) is 9.40. The minimum atomic E-state index is -0.468. The SMILES string of the molecule is CCCCCc1cc2c(c(O)c1-c1cc3ccccc3o1)-c1cc(C)ccc1C(C)(C)O2. The summed E-state index contributed by atoms with van der Waals surface area (Å²) in [6.45, 7) is 8.46. The zero-order chi connectivity index (χ0) is 22.5. The summed E-state index contributed by atoms with van der Waals surface area (Å²) in [6, 6.07) is 18.5. The highest BCUT2D eigenvalue weighted by Gasteiger charge is 2.36. The monoisotopic (exact) mass is 426 g/mol. The fraction of sp³-hybridized carbons (Fsp3) is 0.310. The predicted octanol–water partition coefficient (Wildman–Crippen LogP) is 8.14. The second-order valence-electron chi connectivity index (χ2n) is 9.40. The molecule has 32 heavy (non-hydrogen) atoms. The zero-order valence-electron chi connectivity index (χ0n) is 19.3. The molecule has 3 aromatic carbocycles. The third kappa shape index (κ3) is 3.37. The Morgan fingerprint density at radius 2 is 1.75 bits per heavy atom. The Morgan fingerprint density at radius 3 is 2.53 bits per heavy atom. The largest absolute Gasteiger partial charge is 0.506 e. The Labute approximate surface area is 189 Å². The third-order valence-electron chi connectivity index (χ3n) is 6.53. The van der Waals surface area contributed by atoms with E-state index < -0.39 is 5.60 Å². The molecule has 3 nitrogen and oxygen atoms in total. The summed E-state index contributed by atoms with van der Waals surface area (Å²) in [5, 5.41) is 12.8. The lowest BCUT2D eigenvalue weighted by molar-refractivity contribution is 0.105. The summed E-state index contributed by atoms with van der Waals surface area (Å²) < 4.78 is 12.7. The maximum absolute atomic E-state index is 11.7. The molecule has 1 aliphatic heterocycles. The summed E-state index contributed by atoms with van der Waals surface area (Å²) >= 11 is 0. The number of ether oxygens (including phenoxy) is 1. The number of aryl methyl sites for hydroxylation is 2. The Balaban J connectivity index is 1.77. The Hall–Kier alpha value is -3.20. The van der Waals surface area contributed by atoms with E-state index in [0.29, 0.717) is 5.76 Å². The molecule has 4 aromatic rings. The number of phenolic OH excluding ortho intramolecular Hbond substituents is 1. The van der Waals surface area contributed by atoms with E-state index >= 15 is 0 Å². The van der Waals surface area contributed by atoms with E-state index in [1.807, 2.05) is 30.3 Å². The first-order valence-electron chi connectivity index (χ1n) is 11.6. The van der Waals surface area contributed by atoms with Crippen LogP contribution >= 0.6 is 0 Å². The molecule has 0 aliphatic carbocycles. The fourth-order valence-corrected chi connectivity index (χ4v) is 4.90. The number of aromatic hydroxyl groups is 1. The molecule has 0 saturated heterocycles. The summed E-state index contributed by atoms with van der Waals surface area (Å²) in [4.78, 5) is 0. The molecule has 164 valence electrons. The van der Waals surface area contributed by atoms with Crippen LogP contribution in [0.2, 0.25) is 0 Å². The number of furan rings is 1. The van der Waals surface area contributed by atoms with E-state index in [4.69, 9.17) is 9.15 Å². The van der Waals surface area contributed by atoms with Crippen LogP contribution in [0.1, 0.15) is 56.7 Å². The standard InChI is InChI=1S/C29H30O3/c1-5-6-7-11-20-17-25-27(21-15-18(2)13-14-22(21)29(3,4)32-25)28(30)26(20)24-16-19-10-8-9-12-23(19)31-24/h8-10,12-17,30H,5-7,11H2,1-4H3. The van der Waals surface area contributed by atoms with Crippen molar-refractivity contribution in [3.8, 4) is 33.9 Å². The topological polar surface area (TPSA) is 42.6 Å². The third-order valence-corrected chi connectivity index (χ3v) is 6.53. The number of phenols is 1. The van der Waals surface area contributed by atoms with E-state index in [1.165, 1.54) is 0 Å². The molecule has 0 saturated carbocycles. The second kappa shape index (κ2) is 7.74. The number of hydrogen-bond acceptors (Lipinski definition) is 3. The highest BCUT2D eigenvalue weighted by molar-refractivity contribution is 5.92. The van der Waals surface area contributed by atoms with Crippen molar-refractivity contribution in [2.45, 2.75) is 59.0 Å². The van der Waals surface area contributed by atoms with E-state index in [1.54, 1.807) is 0 Å². The highest BCUT2D eigenvalue weighted by Crippen LogP contribution is 2.53. The first kappa shape index (κ1) is 20.7. The van der Waals surface area contributed by atoms with Crippen LogP contribution in [0.3, 0.4) is 0 Å². The quantitative estimate of drug-likeness (QED) is 0.327. The fourth-order valence-electron chi connectivity index (χ4n) is 4.90. The molecule has 1 aromatic heterocycles. The van der Waals surface area contributed by atoms with Crippen LogP contribution in [0.25, 0.3) is 33.4 Å². The van der Waals surface area contributed by atoms with Crippen molar-refractivity contribution in [3.05, 3.63) is 71.3 Å². The lowest BCUT2D eigenvalue weighted by Crippen LogP contribution is -2.29. The van der Waals surface area contributed by atoms with Gasteiger partial charge in [0.05, 0.1) is 11.1 Å². The highest BCUT2D eigenvalue weighted by atomic mass is 16.5. The van der Waals surface area contributed by atoms with Gasteiger partial charge >= 0.3 is 0 Å². The first-order valence-corrected chi connectivity index (χ1v) is 11.6. The van der Waals surface area contributed by atoms with Crippen LogP contribution in [-0.2, 0) is 12.0 Å². The summed E-state index contributed by atoms with van der Waals surface area (Å²) in [6.07, 6.45) is 4.21. The van der Waals surface area contributed by atoms with Gasteiger partial charge in [0.2, 0.25) is 0 Å². The van der Waals surface area contributed by atoms with Gasteiger partial charge < -0.3 is 14.3 Å². The maximum Gasteiger partial charge on any atom is 0.139 e. The Bertz CT molecular complexity index is 1280. The van der Waals surface area contributed by atoms with Gasteiger partial charge in [0.25, 0.3) is 0 Å². The molecule has 0 spiro atoms. The number of para-hydroxylation sites is 1. The molecule has 0 amide bonds. The smallest absolute Gasteiger partial charge is 0.139 e. The average Bonchev–Trinajstić information content (AvgIpc) is 3.16. The minimum Gasteiger partial charge on any atom is -0.506 e. The molecule has 1 N–H and O–H groups in total. The predicted molar refractivity (Wildman–Crippen MR) is 130 cm³/mol. The Kier molecular flexibility index (Phi) is 5.00. The molecule has 2 heterocycles. The Morgan fingerprint density at radius 1 is 0.938 bits per heavy atom. The van der Waals surface area contributed by atoms with Crippen LogP contribution in [-0.4, -0.2) is 5.11 Å². The van der Waals surface area contributed by atoms with Crippen molar-refractivity contribution in [2.75, 3.05) is 0 Å². The van der Waals surface area contributed by atoms with Crippen LogP contribution in [0, 0.1) is 6.92 Å². The van der Waals surface area contributed by atoms with E-state index in [0.717, 1.165) is 75.8 Å². The van der Waals surface area contributed by atoms with E-state index in [2.05, 4.69) is 52.0 Å². The van der Waals surface area contributed by atoms with Crippen molar-refractivity contribution in [1.82, 2.24) is 0 Å². The van der Waals surface area contributed by atoms with Gasteiger partial charge in [0, 0.05) is 10.9 Å². The average molecular weight is 427 g/mol. The molecule has 0 bridgehead atoms. The number of rotatable bonds is 5. The van der Waals surface area contributed by atoms with Gasteiger partial charge in [-0.1, -0.05) is 61.7 Å². The van der Waals surface area contributed by atoms with Crippen LogP contribution in [0.5, 0.6) is 11.5 Å². The van der Waals surface area contributed by atoms with Crippen molar-refractivity contribution in [2.24, 2.45) is 0 Å². The van der Waals surface area contributed by atoms with Crippen molar-refractivity contribution >= 4 is 11.0 Å². The molecule has 0 unspecified atom stereocenters. The van der Waals surface area contributed by atoms with Gasteiger partial charge in [-0.05, 0) is 62.9 Å². The van der Waals surface area contributed by atoms with Gasteiger partial charge in [0.15, 0.2) is 0 Å². The van der Waals surface area contributed by atoms with Gasteiger partial charge in [-0.2, -0.15) is 0 Å². The maximum atomic E-state index is 11.7. The number of hydrogen-bond donors (Lipinski definition) is 1. The molecular formula is C29H30O3. The number of unbranched alkanes of at least 4 members (excludes halogenated alkanes) is 2. The molecular weight excluding hydrogens is 396 g/mol. The number of benzene rings is 3. The van der Waals surface area contributed by atoms with Crippen molar-refractivity contribution in [3.63, 3.8) is 0 Å². The van der Waals surface area contributed by atoms with E-state index in [9.17, 15) is 5.11 Å². The number of fused-ring (bicyclic) bond motifs is 4. The summed E-state index contributed by atoms with van der Waals surface area (Å²) in [5.74, 6) is 1.70. The molecule has 3 heteroatoms. The van der Waals surface area contributed by atoms with Crippen LogP contribution in [0.4, 0.5) is 0 Å². The minimum absolute atomic E-state index is 0.246. The zero-order valence-corrected chi connectivity index (χ0v) is 19.3. The molecule has 0 fully saturated rings. The van der Waals surface area contributed by atoms with Crippen molar-refractivity contribution < 1.29 is 14.3 Å². The van der Waals surface area contributed by atoms with Crippen molar-refractivity contribution in [1.29, 1.82) is 0 Å². The van der Waals surface area contributed by atoms with E-state index in [-0.39, 0.29) is 5.75 Å². The lowest BCUT2D eigenvalue weighted by Gasteiger charge is -2.36. The summed E-state index contributed by atoms with van der Waals surface area (Å²) in [5.41, 5.74) is 6.25. The molecule has 0 radical (unpaired) electrons. The lowest BCUT2D eigenvalue weighted by atomic mass is 9.83. The summed E-state index contributed by atoms with van der Waals surface area (Å²) in [7, 11) is 0. The normalized spacial score (nSPS) is 14.1. The molecule has 5 rings (SSSR count). The van der Waals surface area contributed by atoms with Gasteiger partial charge in [-0.15, -0.1) is 0 Å². The van der Waals surface area contributed by atoms with Gasteiger partial charge in [-0.25, -0.2) is 0 Å². The molecule has 1 aliphatic rings. The van der Waals surface area contributed by atoms with Crippen LogP contribution < -0.4 is 4.74 Å².